The zero-order valence-corrected chi connectivity index (χ0v) is 10.8. The number of carbonyl (C=O) groups excluding carboxylic acids is 1. The number of nitrogens with one attached hydrogen (secondary N) is 1. The van der Waals surface area contributed by atoms with Gasteiger partial charge < -0.3 is 20.3 Å². The van der Waals surface area contributed by atoms with Crippen molar-refractivity contribution in [3.63, 3.8) is 0 Å². The summed E-state index contributed by atoms with van der Waals surface area (Å²) in [6.45, 7) is 5.14. The van der Waals surface area contributed by atoms with Gasteiger partial charge in [-0.3, -0.25) is 0 Å². The first-order valence-electron chi connectivity index (χ1n) is 6.07. The molecule has 1 aliphatic carbocycles. The van der Waals surface area contributed by atoms with Gasteiger partial charge in [-0.05, 0) is 46.5 Å². The first-order chi connectivity index (χ1) is 7.74. The zero-order chi connectivity index (χ0) is 13.1. The lowest BCUT2D eigenvalue weighted by Crippen LogP contribution is -2.48. The smallest absolute Gasteiger partial charge is 0.407 e. The van der Waals surface area contributed by atoms with E-state index in [0.717, 1.165) is 19.3 Å². The predicted octanol–water partition coefficient (Wildman–Crippen LogP) is 1.18. The Morgan fingerprint density at radius 3 is 2.41 bits per heavy atom. The predicted molar refractivity (Wildman–Crippen MR) is 63.7 cm³/mol. The molecule has 0 bridgehead atoms. The molecule has 1 saturated carbocycles. The number of hydrogen-bond acceptors (Lipinski definition) is 4. The van der Waals surface area contributed by atoms with E-state index in [2.05, 4.69) is 5.32 Å². The van der Waals surface area contributed by atoms with Crippen LogP contribution in [-0.4, -0.2) is 40.2 Å². The summed E-state index contributed by atoms with van der Waals surface area (Å²) in [5, 5.41) is 21.7. The van der Waals surface area contributed by atoms with Gasteiger partial charge in [0.05, 0.1) is 18.2 Å². The van der Waals surface area contributed by atoms with Crippen molar-refractivity contribution in [1.82, 2.24) is 5.32 Å². The number of aliphatic hydroxyl groups is 2. The molecule has 0 radical (unpaired) electrons. The monoisotopic (exact) mass is 245 g/mol. The Kier molecular flexibility index (Phi) is 4.38. The topological polar surface area (TPSA) is 78.8 Å². The molecule has 0 unspecified atom stereocenters. The first kappa shape index (κ1) is 14.3. The summed E-state index contributed by atoms with van der Waals surface area (Å²) in [6, 6.07) is -0.449. The highest BCUT2D eigenvalue weighted by Gasteiger charge is 2.37. The molecule has 0 aliphatic heterocycles. The fourth-order valence-corrected chi connectivity index (χ4v) is 1.88. The van der Waals surface area contributed by atoms with Gasteiger partial charge >= 0.3 is 6.09 Å². The highest BCUT2D eigenvalue weighted by Crippen LogP contribution is 2.35. The summed E-state index contributed by atoms with van der Waals surface area (Å²) >= 11 is 0. The maximum atomic E-state index is 11.5. The highest BCUT2D eigenvalue weighted by atomic mass is 16.6. The number of aliphatic hydroxyl groups excluding tert-OH is 1. The minimum atomic E-state index is -0.720. The number of carbonyl (C=O) groups is 1. The Morgan fingerprint density at radius 1 is 1.47 bits per heavy atom. The quantitative estimate of drug-likeness (QED) is 0.695. The Balaban J connectivity index is 2.38. The molecule has 17 heavy (non-hydrogen) atoms. The number of amides is 1. The largest absolute Gasteiger partial charge is 0.444 e. The molecule has 5 heteroatoms. The van der Waals surface area contributed by atoms with E-state index < -0.39 is 23.3 Å². The molecule has 1 atom stereocenters. The van der Waals surface area contributed by atoms with Crippen molar-refractivity contribution in [3.05, 3.63) is 0 Å². The second-order valence-electron chi connectivity index (χ2n) is 5.81. The minimum absolute atomic E-state index is 0.193. The third-order valence-corrected chi connectivity index (χ3v) is 2.85. The number of alkyl carbamates (subject to hydrolysis) is 1. The van der Waals surface area contributed by atoms with E-state index in [1.807, 2.05) is 0 Å². The van der Waals surface area contributed by atoms with E-state index >= 15 is 0 Å². The van der Waals surface area contributed by atoms with Crippen molar-refractivity contribution in [3.8, 4) is 0 Å². The molecule has 0 aromatic rings. The van der Waals surface area contributed by atoms with E-state index in [4.69, 9.17) is 4.74 Å². The van der Waals surface area contributed by atoms with Gasteiger partial charge in [0.1, 0.15) is 5.60 Å². The van der Waals surface area contributed by atoms with Crippen molar-refractivity contribution in [2.24, 2.45) is 0 Å². The van der Waals surface area contributed by atoms with Crippen molar-refractivity contribution < 1.29 is 19.7 Å². The van der Waals surface area contributed by atoms with E-state index in [-0.39, 0.29) is 6.61 Å². The standard InChI is InChI=1S/C12H23NO4/c1-11(2,3)17-10(15)13-9(8-14)7-12(16)5-4-6-12/h9,14,16H,4-8H2,1-3H3,(H,13,15)/t9-/m0/s1. The second kappa shape index (κ2) is 5.23. The third-order valence-electron chi connectivity index (χ3n) is 2.85. The van der Waals surface area contributed by atoms with Gasteiger partial charge in [0, 0.05) is 0 Å². The molecule has 1 aliphatic rings. The van der Waals surface area contributed by atoms with Crippen molar-refractivity contribution in [2.75, 3.05) is 6.61 Å². The molecule has 0 saturated heterocycles. The first-order valence-corrected chi connectivity index (χ1v) is 6.07. The van der Waals surface area contributed by atoms with Crippen LogP contribution in [0.4, 0.5) is 4.79 Å². The fraction of sp³-hybridized carbons (Fsp3) is 0.917. The van der Waals surface area contributed by atoms with Crippen LogP contribution in [0.5, 0.6) is 0 Å². The summed E-state index contributed by atoms with van der Waals surface area (Å²) in [6.07, 6.45) is 2.29. The van der Waals surface area contributed by atoms with Gasteiger partial charge in [-0.15, -0.1) is 0 Å². The molecule has 0 heterocycles. The number of hydrogen-bond donors (Lipinski definition) is 3. The summed E-state index contributed by atoms with van der Waals surface area (Å²) in [5.74, 6) is 0. The van der Waals surface area contributed by atoms with Crippen LogP contribution in [0.3, 0.4) is 0 Å². The Labute approximate surface area is 102 Å². The summed E-state index contributed by atoms with van der Waals surface area (Å²) in [7, 11) is 0. The van der Waals surface area contributed by atoms with Gasteiger partial charge in [-0.25, -0.2) is 4.79 Å². The molecule has 5 nitrogen and oxygen atoms in total. The molecule has 0 aromatic heterocycles. The summed E-state index contributed by atoms with van der Waals surface area (Å²) < 4.78 is 5.09. The van der Waals surface area contributed by atoms with E-state index in [9.17, 15) is 15.0 Å². The molecule has 3 N–H and O–H groups in total. The van der Waals surface area contributed by atoms with Crippen LogP contribution >= 0.6 is 0 Å². The normalized spacial score (nSPS) is 20.3. The Morgan fingerprint density at radius 2 is 2.06 bits per heavy atom. The fourth-order valence-electron chi connectivity index (χ4n) is 1.88. The summed E-state index contributed by atoms with van der Waals surface area (Å²) in [4.78, 5) is 11.5. The van der Waals surface area contributed by atoms with Crippen molar-refractivity contribution in [1.29, 1.82) is 0 Å². The number of ether oxygens (including phenoxy) is 1. The van der Waals surface area contributed by atoms with Crippen molar-refractivity contribution in [2.45, 2.75) is 63.7 Å². The maximum absolute atomic E-state index is 11.5. The molecular weight excluding hydrogens is 222 g/mol. The third kappa shape index (κ3) is 4.91. The minimum Gasteiger partial charge on any atom is -0.444 e. The van der Waals surface area contributed by atoms with Gasteiger partial charge in [-0.1, -0.05) is 0 Å². The molecule has 0 spiro atoms. The average Bonchev–Trinajstić information content (AvgIpc) is 2.11. The summed E-state index contributed by atoms with van der Waals surface area (Å²) in [5.41, 5.74) is -1.28. The average molecular weight is 245 g/mol. The second-order valence-corrected chi connectivity index (χ2v) is 5.81. The van der Waals surface area contributed by atoms with Crippen LogP contribution in [0.15, 0.2) is 0 Å². The zero-order valence-electron chi connectivity index (χ0n) is 10.8. The molecule has 1 amide bonds. The van der Waals surface area contributed by atoms with E-state index in [0.29, 0.717) is 6.42 Å². The molecule has 100 valence electrons. The Hall–Kier alpha value is -0.810. The maximum Gasteiger partial charge on any atom is 0.407 e. The molecule has 1 fully saturated rings. The van der Waals surface area contributed by atoms with Crippen LogP contribution in [0.2, 0.25) is 0 Å². The van der Waals surface area contributed by atoms with Crippen LogP contribution in [-0.2, 0) is 4.74 Å². The van der Waals surface area contributed by atoms with E-state index in [1.54, 1.807) is 20.8 Å². The lowest BCUT2D eigenvalue weighted by molar-refractivity contribution is -0.0519. The van der Waals surface area contributed by atoms with E-state index in [1.165, 1.54) is 0 Å². The van der Waals surface area contributed by atoms with Gasteiger partial charge in [-0.2, -0.15) is 0 Å². The van der Waals surface area contributed by atoms with Crippen LogP contribution in [0, 0.1) is 0 Å². The molecule has 0 aromatic carbocycles. The molecule has 1 rings (SSSR count). The van der Waals surface area contributed by atoms with Gasteiger partial charge in [0.2, 0.25) is 0 Å². The highest BCUT2D eigenvalue weighted by molar-refractivity contribution is 5.68. The Bertz CT molecular complexity index is 268. The SMILES string of the molecule is CC(C)(C)OC(=O)N[C@H](CO)CC1(O)CCC1. The van der Waals surface area contributed by atoms with Crippen LogP contribution in [0.1, 0.15) is 46.5 Å². The van der Waals surface area contributed by atoms with Crippen LogP contribution in [0.25, 0.3) is 0 Å². The number of rotatable bonds is 4. The van der Waals surface area contributed by atoms with Crippen LogP contribution < -0.4 is 5.32 Å². The van der Waals surface area contributed by atoms with Crippen molar-refractivity contribution >= 4 is 6.09 Å². The van der Waals surface area contributed by atoms with Gasteiger partial charge in [0.15, 0.2) is 0 Å². The lowest BCUT2D eigenvalue weighted by atomic mass is 9.76. The van der Waals surface area contributed by atoms with Gasteiger partial charge in [0.25, 0.3) is 0 Å². The molecular formula is C12H23NO4. The lowest BCUT2D eigenvalue weighted by Gasteiger charge is -2.39.